The topological polar surface area (TPSA) is 117 Å². The lowest BCUT2D eigenvalue weighted by molar-refractivity contribution is -0.137. The molecule has 3 heterocycles. The van der Waals surface area contributed by atoms with Crippen molar-refractivity contribution in [3.8, 4) is 28.1 Å². The number of amides is 1. The predicted molar refractivity (Wildman–Crippen MR) is 163 cm³/mol. The van der Waals surface area contributed by atoms with Gasteiger partial charge in [-0.05, 0) is 98.1 Å². The van der Waals surface area contributed by atoms with E-state index in [0.29, 0.717) is 45.4 Å². The summed E-state index contributed by atoms with van der Waals surface area (Å²) in [5.74, 6) is -0.659. The number of nitrogen functional groups attached to an aromatic ring is 1. The average molecular weight is 599 g/mol. The Labute approximate surface area is 251 Å². The third kappa shape index (κ3) is 5.91. The number of anilines is 2. The number of phenolic OH excluding ortho intramolecular Hbond substituents is 1. The lowest BCUT2D eigenvalue weighted by atomic mass is 9.92. The first-order valence-corrected chi connectivity index (χ1v) is 14.1. The van der Waals surface area contributed by atoms with Crippen LogP contribution in [0.4, 0.5) is 24.8 Å². The number of aromatic nitrogens is 3. The lowest BCUT2D eigenvalue weighted by Crippen LogP contribution is -2.19. The van der Waals surface area contributed by atoms with Gasteiger partial charge in [0.25, 0.3) is 5.91 Å². The molecule has 0 aliphatic carbocycles. The van der Waals surface area contributed by atoms with E-state index in [0.717, 1.165) is 43.6 Å². The van der Waals surface area contributed by atoms with Crippen molar-refractivity contribution >= 4 is 28.4 Å². The standard InChI is InChI=1S/C33H29F3N6O2/c1-19-7-8-21(31(44)40-24-13-20(18-42-10-4-5-11-42)12-23(16-24)33(34,35)36)14-25(19)26-15-22-17-39-32(37)41-29(22)28(30(26)43)27-6-2-3-9-38-27/h2-3,6-9,12-17,43H,4-5,10-11,18H2,1H3,(H,40,44)(H2,37,39,41). The monoisotopic (exact) mass is 598 g/mol. The molecule has 2 aromatic heterocycles. The third-order valence-corrected chi connectivity index (χ3v) is 7.76. The van der Waals surface area contributed by atoms with Crippen molar-refractivity contribution in [1.29, 1.82) is 0 Å². The molecule has 8 nitrogen and oxygen atoms in total. The molecular formula is C33H29F3N6O2. The molecule has 1 saturated heterocycles. The molecular weight excluding hydrogens is 569 g/mol. The minimum absolute atomic E-state index is 0.0369. The molecule has 44 heavy (non-hydrogen) atoms. The first kappa shape index (κ1) is 29.1. The van der Waals surface area contributed by atoms with E-state index in [9.17, 15) is 23.1 Å². The minimum Gasteiger partial charge on any atom is -0.507 e. The SMILES string of the molecule is Cc1ccc(C(=O)Nc2cc(CN3CCCC3)cc(C(F)(F)F)c2)cc1-c1cc2cnc(N)nc2c(-c2ccccn2)c1O. The number of benzene rings is 3. The first-order valence-electron chi connectivity index (χ1n) is 14.1. The summed E-state index contributed by atoms with van der Waals surface area (Å²) in [5, 5.41) is 14.8. The average Bonchev–Trinajstić information content (AvgIpc) is 3.50. The van der Waals surface area contributed by atoms with Crippen LogP contribution in [0.2, 0.25) is 0 Å². The highest BCUT2D eigenvalue weighted by Crippen LogP contribution is 2.43. The van der Waals surface area contributed by atoms with E-state index in [2.05, 4.69) is 25.2 Å². The Morgan fingerprint density at radius 1 is 1.02 bits per heavy atom. The van der Waals surface area contributed by atoms with Crippen molar-refractivity contribution in [3.05, 3.63) is 95.3 Å². The molecule has 0 unspecified atom stereocenters. The number of fused-ring (bicyclic) bond motifs is 1. The smallest absolute Gasteiger partial charge is 0.416 e. The summed E-state index contributed by atoms with van der Waals surface area (Å²) < 4.78 is 41.3. The molecule has 1 aliphatic heterocycles. The summed E-state index contributed by atoms with van der Waals surface area (Å²) >= 11 is 0. The number of alkyl halides is 3. The number of phenols is 1. The fourth-order valence-corrected chi connectivity index (χ4v) is 5.61. The Balaban J connectivity index is 1.39. The summed E-state index contributed by atoms with van der Waals surface area (Å²) in [4.78, 5) is 28.4. The van der Waals surface area contributed by atoms with Gasteiger partial charge in [0.15, 0.2) is 0 Å². The van der Waals surface area contributed by atoms with E-state index < -0.39 is 17.6 Å². The van der Waals surface area contributed by atoms with Gasteiger partial charge in [-0.15, -0.1) is 0 Å². The second-order valence-corrected chi connectivity index (χ2v) is 10.9. The maximum atomic E-state index is 13.8. The highest BCUT2D eigenvalue weighted by Gasteiger charge is 2.32. The Kier molecular flexibility index (Phi) is 7.64. The largest absolute Gasteiger partial charge is 0.507 e. The van der Waals surface area contributed by atoms with Crippen LogP contribution in [0.3, 0.4) is 0 Å². The van der Waals surface area contributed by atoms with Crippen molar-refractivity contribution in [1.82, 2.24) is 19.9 Å². The van der Waals surface area contributed by atoms with Crippen LogP contribution in [0, 0.1) is 6.92 Å². The highest BCUT2D eigenvalue weighted by atomic mass is 19.4. The van der Waals surface area contributed by atoms with Crippen LogP contribution in [-0.4, -0.2) is 44.0 Å². The van der Waals surface area contributed by atoms with Crippen molar-refractivity contribution in [2.24, 2.45) is 0 Å². The molecule has 0 saturated carbocycles. The van der Waals surface area contributed by atoms with Crippen LogP contribution in [-0.2, 0) is 12.7 Å². The van der Waals surface area contributed by atoms with E-state index in [1.54, 1.807) is 60.9 Å². The molecule has 0 radical (unpaired) electrons. The molecule has 4 N–H and O–H groups in total. The normalized spacial score (nSPS) is 13.8. The van der Waals surface area contributed by atoms with Crippen LogP contribution in [0.5, 0.6) is 5.75 Å². The van der Waals surface area contributed by atoms with Gasteiger partial charge in [-0.3, -0.25) is 14.7 Å². The Bertz CT molecular complexity index is 1870. The number of aryl methyl sites for hydroxylation is 1. The molecule has 224 valence electrons. The first-order chi connectivity index (χ1) is 21.1. The van der Waals surface area contributed by atoms with Gasteiger partial charge in [-0.2, -0.15) is 13.2 Å². The molecule has 5 aromatic rings. The number of nitrogens with one attached hydrogen (secondary N) is 1. The second kappa shape index (κ2) is 11.6. The summed E-state index contributed by atoms with van der Waals surface area (Å²) in [5.41, 5.74) is 8.73. The van der Waals surface area contributed by atoms with E-state index in [-0.39, 0.29) is 22.9 Å². The summed E-state index contributed by atoms with van der Waals surface area (Å²) in [6.07, 6.45) is 0.598. The summed E-state index contributed by atoms with van der Waals surface area (Å²) in [7, 11) is 0. The quantitative estimate of drug-likeness (QED) is 0.196. The van der Waals surface area contributed by atoms with Crippen LogP contribution in [0.15, 0.2) is 73.1 Å². The zero-order valence-electron chi connectivity index (χ0n) is 23.8. The zero-order valence-corrected chi connectivity index (χ0v) is 23.8. The number of pyridine rings is 1. The number of hydrogen-bond donors (Lipinski definition) is 3. The van der Waals surface area contributed by atoms with Crippen LogP contribution in [0.1, 0.15) is 39.9 Å². The summed E-state index contributed by atoms with van der Waals surface area (Å²) in [6, 6.07) is 15.6. The fraction of sp³-hybridized carbons (Fsp3) is 0.212. The Morgan fingerprint density at radius 2 is 1.82 bits per heavy atom. The van der Waals surface area contributed by atoms with E-state index >= 15 is 0 Å². The van der Waals surface area contributed by atoms with Gasteiger partial charge in [0.2, 0.25) is 5.95 Å². The molecule has 6 rings (SSSR count). The number of carbonyl (C=O) groups excluding carboxylic acids is 1. The number of carbonyl (C=O) groups is 1. The maximum absolute atomic E-state index is 13.8. The number of halogens is 3. The van der Waals surface area contributed by atoms with Crippen LogP contribution in [0.25, 0.3) is 33.3 Å². The molecule has 0 bridgehead atoms. The number of rotatable bonds is 6. The molecule has 1 aliphatic rings. The molecule has 11 heteroatoms. The Hall–Kier alpha value is -5.03. The molecule has 1 fully saturated rings. The van der Waals surface area contributed by atoms with E-state index in [1.807, 2.05) is 6.92 Å². The van der Waals surface area contributed by atoms with Gasteiger partial charge in [-0.1, -0.05) is 12.1 Å². The molecule has 3 aromatic carbocycles. The number of nitrogens with two attached hydrogens (primary N) is 1. The Morgan fingerprint density at radius 3 is 2.55 bits per heavy atom. The number of nitrogens with zero attached hydrogens (tertiary/aromatic N) is 4. The van der Waals surface area contributed by atoms with Gasteiger partial charge in [-0.25, -0.2) is 9.97 Å². The fourth-order valence-electron chi connectivity index (χ4n) is 5.61. The third-order valence-electron chi connectivity index (χ3n) is 7.76. The van der Waals surface area contributed by atoms with Crippen LogP contribution < -0.4 is 11.1 Å². The van der Waals surface area contributed by atoms with E-state index in [1.165, 1.54) is 0 Å². The molecule has 0 atom stereocenters. The predicted octanol–water partition coefficient (Wildman–Crippen LogP) is 6.82. The van der Waals surface area contributed by atoms with Crippen molar-refractivity contribution in [2.45, 2.75) is 32.5 Å². The number of hydrogen-bond acceptors (Lipinski definition) is 7. The van der Waals surface area contributed by atoms with E-state index in [4.69, 9.17) is 5.73 Å². The zero-order chi connectivity index (χ0) is 31.0. The maximum Gasteiger partial charge on any atom is 0.416 e. The lowest BCUT2D eigenvalue weighted by Gasteiger charge is -2.18. The summed E-state index contributed by atoms with van der Waals surface area (Å²) in [6.45, 7) is 3.86. The molecule has 0 spiro atoms. The van der Waals surface area contributed by atoms with Gasteiger partial charge < -0.3 is 16.2 Å². The van der Waals surface area contributed by atoms with Gasteiger partial charge in [0.05, 0.1) is 22.3 Å². The van der Waals surface area contributed by atoms with Crippen molar-refractivity contribution < 1.29 is 23.1 Å². The van der Waals surface area contributed by atoms with Gasteiger partial charge in [0.1, 0.15) is 5.75 Å². The molecule has 1 amide bonds. The second-order valence-electron chi connectivity index (χ2n) is 10.9. The van der Waals surface area contributed by atoms with Crippen molar-refractivity contribution in [3.63, 3.8) is 0 Å². The van der Waals surface area contributed by atoms with Gasteiger partial charge in [0, 0.05) is 41.1 Å². The minimum atomic E-state index is -4.56. The van der Waals surface area contributed by atoms with Crippen molar-refractivity contribution in [2.75, 3.05) is 24.1 Å². The van der Waals surface area contributed by atoms with Gasteiger partial charge >= 0.3 is 6.18 Å². The van der Waals surface area contributed by atoms with Crippen LogP contribution >= 0.6 is 0 Å². The highest BCUT2D eigenvalue weighted by molar-refractivity contribution is 6.06. The number of likely N-dealkylation sites (tertiary alicyclic amines) is 1. The number of aromatic hydroxyl groups is 1.